The minimum atomic E-state index is -1.88. The number of pyridine rings is 1. The van der Waals surface area contributed by atoms with Crippen LogP contribution in [0.4, 0.5) is 4.39 Å². The summed E-state index contributed by atoms with van der Waals surface area (Å²) in [6, 6.07) is 3.79. The van der Waals surface area contributed by atoms with Crippen LogP contribution in [0, 0.1) is 5.82 Å². The van der Waals surface area contributed by atoms with Crippen molar-refractivity contribution in [2.45, 2.75) is 0 Å². The molecule has 0 saturated heterocycles. The van der Waals surface area contributed by atoms with Crippen LogP contribution in [0.15, 0.2) is 29.2 Å². The van der Waals surface area contributed by atoms with E-state index >= 15 is 0 Å². The van der Waals surface area contributed by atoms with Gasteiger partial charge in [-0.15, -0.1) is 0 Å². The molecule has 3 N–H and O–H groups in total. The molecule has 2 aromatic rings. The van der Waals surface area contributed by atoms with Gasteiger partial charge in [-0.2, -0.15) is 0 Å². The van der Waals surface area contributed by atoms with Crippen molar-refractivity contribution < 1.29 is 14.4 Å². The van der Waals surface area contributed by atoms with Crippen LogP contribution in [0.2, 0.25) is 0 Å². The lowest BCUT2D eigenvalue weighted by atomic mass is 9.79. The summed E-state index contributed by atoms with van der Waals surface area (Å²) in [5.41, 5.74) is -0.654. The van der Waals surface area contributed by atoms with Crippen molar-refractivity contribution in [1.29, 1.82) is 0 Å². The number of nitrogens with one attached hydrogen (secondary N) is 1. The SMILES string of the molecule is O=c1[nH]ccc2cc(B(O)O)c(F)cc12. The molecule has 1 heterocycles. The normalized spacial score (nSPS) is 10.6. The van der Waals surface area contributed by atoms with Crippen LogP contribution in [0.3, 0.4) is 0 Å². The van der Waals surface area contributed by atoms with Gasteiger partial charge in [-0.1, -0.05) is 6.07 Å². The molecule has 1 aromatic heterocycles. The Hall–Kier alpha value is -1.66. The first-order chi connectivity index (χ1) is 7.09. The summed E-state index contributed by atoms with van der Waals surface area (Å²) in [6.07, 6.45) is 1.41. The molecule has 0 aliphatic carbocycles. The highest BCUT2D eigenvalue weighted by Gasteiger charge is 2.17. The third kappa shape index (κ3) is 1.64. The zero-order chi connectivity index (χ0) is 11.0. The Morgan fingerprint density at radius 1 is 1.33 bits per heavy atom. The number of H-pyrrole nitrogens is 1. The first kappa shape index (κ1) is 9.88. The van der Waals surface area contributed by atoms with Gasteiger partial charge in [0.2, 0.25) is 0 Å². The summed E-state index contributed by atoms with van der Waals surface area (Å²) >= 11 is 0. The molecule has 0 amide bonds. The van der Waals surface area contributed by atoms with E-state index in [1.165, 1.54) is 12.3 Å². The number of hydrogen-bond donors (Lipinski definition) is 3. The Labute approximate surface area is 84.1 Å². The van der Waals surface area contributed by atoms with Crippen molar-refractivity contribution in [3.63, 3.8) is 0 Å². The quantitative estimate of drug-likeness (QED) is 0.544. The maximum Gasteiger partial charge on any atom is 0.491 e. The van der Waals surface area contributed by atoms with Crippen molar-refractivity contribution >= 4 is 23.4 Å². The molecule has 0 radical (unpaired) electrons. The highest BCUT2D eigenvalue weighted by atomic mass is 19.1. The molecule has 0 saturated carbocycles. The van der Waals surface area contributed by atoms with Crippen molar-refractivity contribution in [3.8, 4) is 0 Å². The van der Waals surface area contributed by atoms with Crippen molar-refractivity contribution in [2.75, 3.05) is 0 Å². The summed E-state index contributed by atoms with van der Waals surface area (Å²) in [6.45, 7) is 0. The fourth-order valence-electron chi connectivity index (χ4n) is 1.42. The number of benzene rings is 1. The molecule has 0 aliphatic rings. The predicted molar refractivity (Wildman–Crippen MR) is 54.4 cm³/mol. The Morgan fingerprint density at radius 3 is 2.73 bits per heavy atom. The molecule has 4 nitrogen and oxygen atoms in total. The highest BCUT2D eigenvalue weighted by Crippen LogP contribution is 2.09. The Bertz CT molecular complexity index is 567. The molecule has 1 aromatic carbocycles. The van der Waals surface area contributed by atoms with Crippen LogP contribution in [-0.4, -0.2) is 22.2 Å². The first-order valence-corrected chi connectivity index (χ1v) is 4.26. The van der Waals surface area contributed by atoms with E-state index in [4.69, 9.17) is 10.0 Å². The standard InChI is InChI=1S/C9H7BFNO3/c11-8-4-6-5(1-2-12-9(6)13)3-7(8)10(14)15/h1-4,14-15H,(H,12,13). The number of hydrogen-bond acceptors (Lipinski definition) is 3. The van der Waals surface area contributed by atoms with Crippen LogP contribution < -0.4 is 11.0 Å². The van der Waals surface area contributed by atoms with E-state index in [1.807, 2.05) is 0 Å². The first-order valence-electron chi connectivity index (χ1n) is 4.26. The van der Waals surface area contributed by atoms with Crippen molar-refractivity contribution in [3.05, 3.63) is 40.6 Å². The van der Waals surface area contributed by atoms with Gasteiger partial charge in [-0.05, 0) is 17.5 Å². The summed E-state index contributed by atoms with van der Waals surface area (Å²) in [5.74, 6) is -0.811. The molecule has 6 heteroatoms. The van der Waals surface area contributed by atoms with Crippen LogP contribution in [0.25, 0.3) is 10.8 Å². The van der Waals surface area contributed by atoms with Crippen LogP contribution in [0.5, 0.6) is 0 Å². The van der Waals surface area contributed by atoms with Gasteiger partial charge in [0.15, 0.2) is 0 Å². The van der Waals surface area contributed by atoms with Gasteiger partial charge in [0.05, 0.1) is 0 Å². The molecule has 15 heavy (non-hydrogen) atoms. The van der Waals surface area contributed by atoms with E-state index in [0.717, 1.165) is 6.07 Å². The van der Waals surface area contributed by atoms with Gasteiger partial charge in [0, 0.05) is 17.0 Å². The molecule has 2 rings (SSSR count). The summed E-state index contributed by atoms with van der Waals surface area (Å²) in [4.78, 5) is 13.7. The number of aromatic nitrogens is 1. The molecular weight excluding hydrogens is 200 g/mol. The van der Waals surface area contributed by atoms with Gasteiger partial charge in [-0.25, -0.2) is 4.39 Å². The van der Waals surface area contributed by atoms with E-state index in [1.54, 1.807) is 6.07 Å². The molecule has 0 bridgehead atoms. The molecular formula is C9H7BFNO3. The van der Waals surface area contributed by atoms with Crippen LogP contribution in [-0.2, 0) is 0 Å². The molecule has 0 aliphatic heterocycles. The van der Waals surface area contributed by atoms with Gasteiger partial charge in [0.1, 0.15) is 5.82 Å². The maximum absolute atomic E-state index is 13.3. The minimum Gasteiger partial charge on any atom is -0.423 e. The zero-order valence-corrected chi connectivity index (χ0v) is 7.57. The topological polar surface area (TPSA) is 73.3 Å². The Kier molecular flexibility index (Phi) is 2.30. The van der Waals surface area contributed by atoms with E-state index < -0.39 is 18.5 Å². The second kappa shape index (κ2) is 3.49. The monoisotopic (exact) mass is 207 g/mol. The minimum absolute atomic E-state index is 0.180. The van der Waals surface area contributed by atoms with E-state index in [-0.39, 0.29) is 10.8 Å². The van der Waals surface area contributed by atoms with E-state index in [0.29, 0.717) is 5.39 Å². The largest absolute Gasteiger partial charge is 0.491 e. The number of fused-ring (bicyclic) bond motifs is 1. The fraction of sp³-hybridized carbons (Fsp3) is 0. The van der Waals surface area contributed by atoms with Gasteiger partial charge in [-0.3, -0.25) is 4.79 Å². The summed E-state index contributed by atoms with van der Waals surface area (Å²) in [7, 11) is -1.88. The third-order valence-electron chi connectivity index (χ3n) is 2.17. The second-order valence-corrected chi connectivity index (χ2v) is 3.14. The molecule has 0 unspecified atom stereocenters. The van der Waals surface area contributed by atoms with E-state index in [2.05, 4.69) is 4.98 Å². The fourth-order valence-corrected chi connectivity index (χ4v) is 1.42. The molecule has 0 fully saturated rings. The Morgan fingerprint density at radius 2 is 2.07 bits per heavy atom. The summed E-state index contributed by atoms with van der Waals surface area (Å²) in [5, 5.41) is 18.4. The zero-order valence-electron chi connectivity index (χ0n) is 7.57. The van der Waals surface area contributed by atoms with E-state index in [9.17, 15) is 9.18 Å². The molecule has 0 atom stereocenters. The second-order valence-electron chi connectivity index (χ2n) is 3.14. The predicted octanol–water partition coefficient (Wildman–Crippen LogP) is -0.653. The lowest BCUT2D eigenvalue weighted by Crippen LogP contribution is -2.33. The maximum atomic E-state index is 13.3. The van der Waals surface area contributed by atoms with Gasteiger partial charge < -0.3 is 15.0 Å². The number of halogens is 1. The van der Waals surface area contributed by atoms with Gasteiger partial charge in [0.25, 0.3) is 5.56 Å². The lowest BCUT2D eigenvalue weighted by molar-refractivity contribution is 0.423. The molecule has 0 spiro atoms. The van der Waals surface area contributed by atoms with Gasteiger partial charge >= 0.3 is 7.12 Å². The average molecular weight is 207 g/mol. The highest BCUT2D eigenvalue weighted by molar-refractivity contribution is 6.59. The Balaban J connectivity index is 2.82. The van der Waals surface area contributed by atoms with Crippen LogP contribution in [0.1, 0.15) is 0 Å². The lowest BCUT2D eigenvalue weighted by Gasteiger charge is -2.03. The number of rotatable bonds is 1. The van der Waals surface area contributed by atoms with Crippen LogP contribution >= 0.6 is 0 Å². The smallest absolute Gasteiger partial charge is 0.423 e. The summed E-state index contributed by atoms with van der Waals surface area (Å²) < 4.78 is 13.3. The average Bonchev–Trinajstić information content (AvgIpc) is 2.18. The molecule has 76 valence electrons. The van der Waals surface area contributed by atoms with Crippen molar-refractivity contribution in [1.82, 2.24) is 4.98 Å². The van der Waals surface area contributed by atoms with Crippen molar-refractivity contribution in [2.24, 2.45) is 0 Å². The number of aromatic amines is 1. The third-order valence-corrected chi connectivity index (χ3v) is 2.17.